The molecule has 0 aliphatic carbocycles. The average Bonchev–Trinajstić information content (AvgIpc) is 2.70. The van der Waals surface area contributed by atoms with Gasteiger partial charge in [-0.3, -0.25) is 4.74 Å². The predicted molar refractivity (Wildman–Crippen MR) is 71.8 cm³/mol. The highest BCUT2D eigenvalue weighted by Crippen LogP contribution is 2.56. The molecule has 0 aromatic heterocycles. The zero-order valence-electron chi connectivity index (χ0n) is 16.1. The SMILES string of the molecule is OCC(F)(F)C(F)(F)C(F)(F)OC(F)(C(O)C(O)C(F)(F)C(F)(F)C(F)(F)C(F)(F)CO)C(F)(F)F. The van der Waals surface area contributed by atoms with Gasteiger partial charge in [-0.05, 0) is 0 Å². The van der Waals surface area contributed by atoms with Gasteiger partial charge in [-0.15, -0.1) is 0 Å². The lowest BCUT2D eigenvalue weighted by Crippen LogP contribution is -2.71. The first-order chi connectivity index (χ1) is 15.4. The van der Waals surface area contributed by atoms with Crippen molar-refractivity contribution in [2.24, 2.45) is 0 Å². The molecule has 3 atom stereocenters. The molecule has 3 unspecified atom stereocenters. The summed E-state index contributed by atoms with van der Waals surface area (Å²) in [5.41, 5.74) is 0. The van der Waals surface area contributed by atoms with Crippen LogP contribution in [-0.2, 0) is 4.74 Å². The highest BCUT2D eigenvalue weighted by molar-refractivity contribution is 5.09. The van der Waals surface area contributed by atoms with Crippen LogP contribution in [0.5, 0.6) is 0 Å². The van der Waals surface area contributed by atoms with E-state index in [1.165, 1.54) is 0 Å². The molecule has 0 aliphatic heterocycles. The van der Waals surface area contributed by atoms with E-state index in [1.54, 1.807) is 4.74 Å². The summed E-state index contributed by atoms with van der Waals surface area (Å²) in [6.45, 7) is -6.72. The van der Waals surface area contributed by atoms with E-state index in [-0.39, 0.29) is 0 Å². The van der Waals surface area contributed by atoms with Gasteiger partial charge in [0.05, 0.1) is 0 Å². The molecule has 0 saturated carbocycles. The van der Waals surface area contributed by atoms with E-state index in [4.69, 9.17) is 20.4 Å². The van der Waals surface area contributed by atoms with Crippen LogP contribution in [0.2, 0.25) is 0 Å². The lowest BCUT2D eigenvalue weighted by Gasteiger charge is -2.43. The molecule has 23 heteroatoms. The molecular formula is C13H10F18O5. The molecule has 0 saturated heterocycles. The summed E-state index contributed by atoms with van der Waals surface area (Å²) in [5.74, 6) is -51.1. The fourth-order valence-electron chi connectivity index (χ4n) is 1.97. The minimum atomic E-state index is -7.89. The smallest absolute Gasteiger partial charge is 0.390 e. The quantitative estimate of drug-likeness (QED) is 0.263. The number of hydrogen-bond acceptors (Lipinski definition) is 5. The molecule has 0 spiro atoms. The molecular weight excluding hydrogens is 578 g/mol. The van der Waals surface area contributed by atoms with Crippen molar-refractivity contribution in [2.75, 3.05) is 13.2 Å². The van der Waals surface area contributed by atoms with Gasteiger partial charge in [-0.25, -0.2) is 0 Å². The molecule has 0 aromatic rings. The van der Waals surface area contributed by atoms with Crippen LogP contribution in [0.4, 0.5) is 79.0 Å². The average molecular weight is 588 g/mol. The zero-order valence-corrected chi connectivity index (χ0v) is 16.1. The highest BCUT2D eigenvalue weighted by atomic mass is 19.4. The molecule has 36 heavy (non-hydrogen) atoms. The Labute approximate surface area is 184 Å². The normalized spacial score (nSPS) is 19.2. The second-order valence-electron chi connectivity index (χ2n) is 6.72. The van der Waals surface area contributed by atoms with E-state index in [0.717, 1.165) is 0 Å². The molecule has 0 radical (unpaired) electrons. The van der Waals surface area contributed by atoms with Crippen LogP contribution in [0.1, 0.15) is 0 Å². The van der Waals surface area contributed by atoms with Gasteiger partial charge >= 0.3 is 53.7 Å². The van der Waals surface area contributed by atoms with Gasteiger partial charge in [0, 0.05) is 0 Å². The Morgan fingerprint density at radius 2 is 0.833 bits per heavy atom. The number of hydrogen-bond donors (Lipinski definition) is 4. The van der Waals surface area contributed by atoms with E-state index in [2.05, 4.69) is 0 Å². The Morgan fingerprint density at radius 1 is 0.500 bits per heavy atom. The van der Waals surface area contributed by atoms with Crippen LogP contribution in [0.3, 0.4) is 0 Å². The van der Waals surface area contributed by atoms with Crippen molar-refractivity contribution >= 4 is 0 Å². The van der Waals surface area contributed by atoms with Gasteiger partial charge in [0.1, 0.15) is 13.2 Å². The summed E-state index contributed by atoms with van der Waals surface area (Å²) in [4.78, 5) is 0. The summed E-state index contributed by atoms with van der Waals surface area (Å²) < 4.78 is 240. The number of ether oxygens (including phenoxy) is 1. The first-order valence-electron chi connectivity index (χ1n) is 8.08. The summed E-state index contributed by atoms with van der Waals surface area (Å²) >= 11 is 0. The van der Waals surface area contributed by atoms with Crippen molar-refractivity contribution in [3.8, 4) is 0 Å². The molecule has 4 N–H and O–H groups in total. The summed E-state index contributed by atoms with van der Waals surface area (Å²) in [6.07, 6.45) is -27.0. The zero-order chi connectivity index (χ0) is 29.8. The number of alkyl halides is 18. The third kappa shape index (κ3) is 4.99. The minimum absolute atomic E-state index is 1.68. The van der Waals surface area contributed by atoms with Crippen LogP contribution in [-0.4, -0.2) is 99.5 Å². The molecule has 0 rings (SSSR count). The topological polar surface area (TPSA) is 90.2 Å². The molecule has 218 valence electrons. The van der Waals surface area contributed by atoms with Crippen molar-refractivity contribution in [3.05, 3.63) is 0 Å². The van der Waals surface area contributed by atoms with E-state index >= 15 is 0 Å². The van der Waals surface area contributed by atoms with Crippen LogP contribution >= 0.6 is 0 Å². The highest BCUT2D eigenvalue weighted by Gasteiger charge is 2.85. The van der Waals surface area contributed by atoms with Gasteiger partial charge in [0.15, 0.2) is 12.2 Å². The number of rotatable bonds is 12. The van der Waals surface area contributed by atoms with Crippen LogP contribution < -0.4 is 0 Å². The lowest BCUT2D eigenvalue weighted by molar-refractivity contribution is -0.491. The largest absolute Gasteiger partial charge is 0.451 e. The first-order valence-corrected chi connectivity index (χ1v) is 8.08. The third-order valence-corrected chi connectivity index (χ3v) is 4.21. The minimum Gasteiger partial charge on any atom is -0.390 e. The van der Waals surface area contributed by atoms with Gasteiger partial charge in [0.2, 0.25) is 0 Å². The second-order valence-corrected chi connectivity index (χ2v) is 6.72. The number of aliphatic hydroxyl groups is 4. The van der Waals surface area contributed by atoms with Gasteiger partial charge < -0.3 is 20.4 Å². The van der Waals surface area contributed by atoms with Gasteiger partial charge in [0.25, 0.3) is 0 Å². The lowest BCUT2D eigenvalue weighted by atomic mass is 9.90. The number of halogens is 18. The van der Waals surface area contributed by atoms with Gasteiger partial charge in [-0.2, -0.15) is 79.0 Å². The van der Waals surface area contributed by atoms with Crippen molar-refractivity contribution in [3.63, 3.8) is 0 Å². The maximum absolute atomic E-state index is 14.1. The van der Waals surface area contributed by atoms with Crippen LogP contribution in [0.15, 0.2) is 0 Å². The molecule has 0 heterocycles. The summed E-state index contributed by atoms with van der Waals surface area (Å²) in [5, 5.41) is 33.6. The van der Waals surface area contributed by atoms with E-state index in [0.29, 0.717) is 0 Å². The molecule has 0 amide bonds. The van der Waals surface area contributed by atoms with E-state index < -0.39 is 79.1 Å². The van der Waals surface area contributed by atoms with E-state index in [9.17, 15) is 79.0 Å². The molecule has 0 bridgehead atoms. The Kier molecular flexibility index (Phi) is 9.00. The Morgan fingerprint density at radius 3 is 1.14 bits per heavy atom. The van der Waals surface area contributed by atoms with Crippen molar-refractivity contribution in [1.29, 1.82) is 0 Å². The second kappa shape index (κ2) is 9.38. The molecule has 0 fully saturated rings. The maximum atomic E-state index is 14.1. The van der Waals surface area contributed by atoms with Crippen molar-refractivity contribution in [1.82, 2.24) is 0 Å². The summed E-state index contributed by atoms with van der Waals surface area (Å²) in [7, 11) is 0. The molecule has 0 aliphatic rings. The Hall–Kier alpha value is -1.46. The third-order valence-electron chi connectivity index (χ3n) is 4.21. The monoisotopic (exact) mass is 588 g/mol. The van der Waals surface area contributed by atoms with Gasteiger partial charge in [-0.1, -0.05) is 0 Å². The molecule has 0 aromatic carbocycles. The first kappa shape index (κ1) is 34.5. The Balaban J connectivity index is 6.77. The Bertz CT molecular complexity index is 767. The van der Waals surface area contributed by atoms with E-state index in [1.807, 2.05) is 0 Å². The fraction of sp³-hybridized carbons (Fsp3) is 1.00. The fourth-order valence-corrected chi connectivity index (χ4v) is 1.97. The van der Waals surface area contributed by atoms with Crippen molar-refractivity contribution in [2.45, 2.75) is 65.9 Å². The summed E-state index contributed by atoms with van der Waals surface area (Å²) in [6, 6.07) is 0. The van der Waals surface area contributed by atoms with Crippen LogP contribution in [0, 0.1) is 0 Å². The predicted octanol–water partition coefficient (Wildman–Crippen LogP) is 3.34. The van der Waals surface area contributed by atoms with Crippen LogP contribution in [0.25, 0.3) is 0 Å². The van der Waals surface area contributed by atoms with Crippen molar-refractivity contribution < 1.29 is 104 Å². The maximum Gasteiger partial charge on any atom is 0.451 e. The molecule has 5 nitrogen and oxygen atoms in total. The number of aliphatic hydroxyl groups excluding tert-OH is 4. The standard InChI is InChI=1S/C13H10F18O5/c14-5(15,1-32)9(21,22)11(25,26)7(18,19)3(34)4(35)8(20,12(27,28)29)36-13(30,31)10(23,24)6(16,17)2-33/h3-4,32-35H,1-2H2.